The number of hydrogen-bond donors (Lipinski definition) is 2. The van der Waals surface area contributed by atoms with Crippen LogP contribution in [0.4, 0.5) is 0 Å². The van der Waals surface area contributed by atoms with Crippen LogP contribution < -0.4 is 14.8 Å². The van der Waals surface area contributed by atoms with E-state index in [0.717, 1.165) is 18.5 Å². The van der Waals surface area contributed by atoms with Gasteiger partial charge in [0.25, 0.3) is 0 Å². The molecule has 7 nitrogen and oxygen atoms in total. The van der Waals surface area contributed by atoms with Gasteiger partial charge in [-0.1, -0.05) is 12.1 Å². The third-order valence-electron chi connectivity index (χ3n) is 3.56. The number of nitrogens with one attached hydrogen (secondary N) is 1. The maximum absolute atomic E-state index is 11.6. The lowest BCUT2D eigenvalue weighted by molar-refractivity contribution is -0.138. The number of rotatable bonds is 12. The molecule has 0 fully saturated rings. The van der Waals surface area contributed by atoms with Crippen molar-refractivity contribution in [3.05, 3.63) is 23.8 Å². The monoisotopic (exact) mass is 352 g/mol. The summed E-state index contributed by atoms with van der Waals surface area (Å²) < 4.78 is 11.3. The van der Waals surface area contributed by atoms with Crippen LogP contribution in [0, 0.1) is 0 Å². The molecule has 0 saturated carbocycles. The van der Waals surface area contributed by atoms with Crippen LogP contribution in [-0.4, -0.2) is 62.8 Å². The molecule has 0 aliphatic carbocycles. The molecule has 0 unspecified atom stereocenters. The first-order valence-electron chi connectivity index (χ1n) is 8.36. The Morgan fingerprint density at radius 1 is 1.24 bits per heavy atom. The second-order valence-corrected chi connectivity index (χ2v) is 5.95. The van der Waals surface area contributed by atoms with Gasteiger partial charge < -0.3 is 24.8 Å². The Hall–Kier alpha value is -2.28. The summed E-state index contributed by atoms with van der Waals surface area (Å²) in [7, 11) is 5.63. The molecule has 2 N–H and O–H groups in total. The molecule has 0 heterocycles. The van der Waals surface area contributed by atoms with Crippen LogP contribution in [0.3, 0.4) is 0 Å². The van der Waals surface area contributed by atoms with Crippen LogP contribution >= 0.6 is 0 Å². The van der Waals surface area contributed by atoms with E-state index in [0.29, 0.717) is 31.1 Å². The first kappa shape index (κ1) is 20.8. The maximum atomic E-state index is 11.6. The van der Waals surface area contributed by atoms with E-state index >= 15 is 0 Å². The number of benzene rings is 1. The van der Waals surface area contributed by atoms with E-state index in [-0.39, 0.29) is 18.7 Å². The minimum absolute atomic E-state index is 0.0126. The molecule has 25 heavy (non-hydrogen) atoms. The van der Waals surface area contributed by atoms with Crippen LogP contribution in [0.2, 0.25) is 0 Å². The quantitative estimate of drug-likeness (QED) is 0.555. The number of para-hydroxylation sites is 1. The third kappa shape index (κ3) is 8.39. The van der Waals surface area contributed by atoms with Crippen LogP contribution in [-0.2, 0) is 16.0 Å². The lowest BCUT2D eigenvalue weighted by Gasteiger charge is -2.16. The second-order valence-electron chi connectivity index (χ2n) is 5.95. The average Bonchev–Trinajstić information content (AvgIpc) is 2.57. The molecule has 0 bridgehead atoms. The number of carboxylic acid groups (broad SMARTS) is 1. The lowest BCUT2D eigenvalue weighted by atomic mass is 10.1. The number of carbonyl (C=O) groups is 2. The molecule has 7 heteroatoms. The largest absolute Gasteiger partial charge is 0.493 e. The topological polar surface area (TPSA) is 88.1 Å². The highest BCUT2D eigenvalue weighted by Crippen LogP contribution is 2.31. The molecule has 1 aromatic carbocycles. The van der Waals surface area contributed by atoms with Crippen molar-refractivity contribution in [3.8, 4) is 11.5 Å². The highest BCUT2D eigenvalue weighted by molar-refractivity contribution is 5.80. The van der Waals surface area contributed by atoms with Gasteiger partial charge in [0.2, 0.25) is 5.91 Å². The Bertz CT molecular complexity index is 560. The standard InChI is InChI=1S/C18H28N2O5/c1-20(2)12-5-13-25-18-14(6-4-7-15(18)24-3)10-11-19-16(21)8-9-17(22)23/h4,6-7H,5,8-13H2,1-3H3,(H,19,21)(H,22,23). The van der Waals surface area contributed by atoms with Gasteiger partial charge in [-0.15, -0.1) is 0 Å². The minimum atomic E-state index is -0.976. The van der Waals surface area contributed by atoms with E-state index in [4.69, 9.17) is 14.6 Å². The summed E-state index contributed by atoms with van der Waals surface area (Å²) in [6.45, 7) is 1.93. The Balaban J connectivity index is 2.56. The molecule has 0 radical (unpaired) electrons. The highest BCUT2D eigenvalue weighted by atomic mass is 16.5. The van der Waals surface area contributed by atoms with Crippen LogP contribution in [0.5, 0.6) is 11.5 Å². The van der Waals surface area contributed by atoms with Crippen molar-refractivity contribution in [2.75, 3.05) is 40.9 Å². The third-order valence-corrected chi connectivity index (χ3v) is 3.56. The zero-order valence-corrected chi connectivity index (χ0v) is 15.2. The average molecular weight is 352 g/mol. The summed E-state index contributed by atoms with van der Waals surface area (Å²) in [5.74, 6) is 0.123. The van der Waals surface area contributed by atoms with Crippen molar-refractivity contribution in [2.24, 2.45) is 0 Å². The van der Waals surface area contributed by atoms with Crippen molar-refractivity contribution in [1.82, 2.24) is 10.2 Å². The smallest absolute Gasteiger partial charge is 0.303 e. The Morgan fingerprint density at radius 2 is 2.00 bits per heavy atom. The molecule has 1 rings (SSSR count). The van der Waals surface area contributed by atoms with Crippen molar-refractivity contribution in [1.29, 1.82) is 0 Å². The van der Waals surface area contributed by atoms with Gasteiger partial charge in [-0.2, -0.15) is 0 Å². The fourth-order valence-electron chi connectivity index (χ4n) is 2.28. The molecule has 1 amide bonds. The van der Waals surface area contributed by atoms with Gasteiger partial charge in [0, 0.05) is 19.5 Å². The minimum Gasteiger partial charge on any atom is -0.493 e. The van der Waals surface area contributed by atoms with Crippen LogP contribution in [0.25, 0.3) is 0 Å². The van der Waals surface area contributed by atoms with E-state index in [1.807, 2.05) is 32.3 Å². The molecule has 0 aliphatic rings. The van der Waals surface area contributed by atoms with Crippen molar-refractivity contribution in [3.63, 3.8) is 0 Å². The SMILES string of the molecule is COc1cccc(CCNC(=O)CCC(=O)O)c1OCCCN(C)C. The first-order chi connectivity index (χ1) is 11.9. The summed E-state index contributed by atoms with van der Waals surface area (Å²) in [5.41, 5.74) is 0.947. The van der Waals surface area contributed by atoms with Gasteiger partial charge in [-0.25, -0.2) is 0 Å². The number of ether oxygens (including phenoxy) is 2. The number of carbonyl (C=O) groups excluding carboxylic acids is 1. The molecule has 1 aromatic rings. The Morgan fingerprint density at radius 3 is 2.64 bits per heavy atom. The molecule has 0 spiro atoms. The molecule has 0 aromatic heterocycles. The number of amides is 1. The fraction of sp³-hybridized carbons (Fsp3) is 0.556. The Kier molecular flexibility index (Phi) is 9.39. The summed E-state index contributed by atoms with van der Waals surface area (Å²) in [4.78, 5) is 24.1. The zero-order chi connectivity index (χ0) is 18.7. The van der Waals surface area contributed by atoms with Crippen molar-refractivity contribution < 1.29 is 24.2 Å². The maximum Gasteiger partial charge on any atom is 0.303 e. The van der Waals surface area contributed by atoms with Crippen LogP contribution in [0.15, 0.2) is 18.2 Å². The highest BCUT2D eigenvalue weighted by Gasteiger charge is 2.11. The van der Waals surface area contributed by atoms with Gasteiger partial charge in [0.1, 0.15) is 0 Å². The predicted octanol–water partition coefficient (Wildman–Crippen LogP) is 1.55. The van der Waals surface area contributed by atoms with Crippen molar-refractivity contribution >= 4 is 11.9 Å². The van der Waals surface area contributed by atoms with Crippen LogP contribution in [0.1, 0.15) is 24.8 Å². The number of methoxy groups -OCH3 is 1. The van der Waals surface area contributed by atoms with E-state index in [1.54, 1.807) is 7.11 Å². The van der Waals surface area contributed by atoms with E-state index in [1.165, 1.54) is 0 Å². The predicted molar refractivity (Wildman–Crippen MR) is 95.2 cm³/mol. The molecular formula is C18H28N2O5. The fourth-order valence-corrected chi connectivity index (χ4v) is 2.28. The lowest BCUT2D eigenvalue weighted by Crippen LogP contribution is -2.26. The first-order valence-corrected chi connectivity index (χ1v) is 8.36. The van der Waals surface area contributed by atoms with Gasteiger partial charge >= 0.3 is 5.97 Å². The molecule has 0 aliphatic heterocycles. The molecule has 0 atom stereocenters. The van der Waals surface area contributed by atoms with Crippen molar-refractivity contribution in [2.45, 2.75) is 25.7 Å². The number of hydrogen-bond acceptors (Lipinski definition) is 5. The van der Waals surface area contributed by atoms with Gasteiger partial charge in [-0.3, -0.25) is 9.59 Å². The molecule has 140 valence electrons. The number of nitrogens with zero attached hydrogens (tertiary/aromatic N) is 1. The Labute approximate surface area is 148 Å². The van der Waals surface area contributed by atoms with Gasteiger partial charge in [0.15, 0.2) is 11.5 Å². The zero-order valence-electron chi connectivity index (χ0n) is 15.2. The summed E-state index contributed by atoms with van der Waals surface area (Å²) >= 11 is 0. The molecule has 0 saturated heterocycles. The van der Waals surface area contributed by atoms with E-state index in [9.17, 15) is 9.59 Å². The number of aliphatic carboxylic acids is 1. The van der Waals surface area contributed by atoms with E-state index in [2.05, 4.69) is 10.2 Å². The summed E-state index contributed by atoms with van der Waals surface area (Å²) in [5, 5.41) is 11.3. The number of carboxylic acids is 1. The summed E-state index contributed by atoms with van der Waals surface area (Å²) in [6, 6.07) is 5.66. The van der Waals surface area contributed by atoms with Gasteiger partial charge in [0.05, 0.1) is 20.1 Å². The second kappa shape index (κ2) is 11.3. The summed E-state index contributed by atoms with van der Waals surface area (Å²) in [6.07, 6.45) is 1.31. The van der Waals surface area contributed by atoms with E-state index < -0.39 is 5.97 Å². The molecular weight excluding hydrogens is 324 g/mol. The normalized spacial score (nSPS) is 10.6. The van der Waals surface area contributed by atoms with Gasteiger partial charge in [-0.05, 0) is 38.6 Å².